The first-order chi connectivity index (χ1) is 13.6. The number of hydrogen-bond acceptors (Lipinski definition) is 6. The van der Waals surface area contributed by atoms with E-state index in [0.29, 0.717) is 10.8 Å². The van der Waals surface area contributed by atoms with Crippen LogP contribution in [0.5, 0.6) is 0 Å². The van der Waals surface area contributed by atoms with Crippen LogP contribution >= 0.6 is 11.6 Å². The van der Waals surface area contributed by atoms with E-state index in [1.807, 2.05) is 6.07 Å². The van der Waals surface area contributed by atoms with Crippen molar-refractivity contribution in [3.63, 3.8) is 0 Å². The van der Waals surface area contributed by atoms with E-state index in [4.69, 9.17) is 16.0 Å². The minimum atomic E-state index is -4.29. The Kier molecular flexibility index (Phi) is 8.00. The van der Waals surface area contributed by atoms with Gasteiger partial charge in [0.15, 0.2) is 5.76 Å². The fourth-order valence-electron chi connectivity index (χ4n) is 2.71. The lowest BCUT2D eigenvalue weighted by Gasteiger charge is -2.38. The van der Waals surface area contributed by atoms with Gasteiger partial charge in [0.25, 0.3) is 0 Å². The highest BCUT2D eigenvalue weighted by Gasteiger charge is 2.34. The normalized spacial score (nSPS) is 15.4. The number of halogens is 4. The van der Waals surface area contributed by atoms with Gasteiger partial charge in [-0.3, -0.25) is 14.7 Å². The number of pyridine rings is 1. The van der Waals surface area contributed by atoms with Crippen LogP contribution in [0.25, 0.3) is 11.5 Å². The summed E-state index contributed by atoms with van der Waals surface area (Å²) in [6.45, 7) is 7.00. The van der Waals surface area contributed by atoms with Gasteiger partial charge in [-0.05, 0) is 26.0 Å². The third-order valence-corrected chi connectivity index (χ3v) is 4.53. The second kappa shape index (κ2) is 10.0. The number of rotatable bonds is 5. The molecule has 0 aromatic carbocycles. The minimum Gasteiger partial charge on any atom is -0.437 e. The van der Waals surface area contributed by atoms with Gasteiger partial charge in [0, 0.05) is 32.4 Å². The molecule has 0 bridgehead atoms. The number of piperazine rings is 1. The Labute approximate surface area is 171 Å². The fourth-order valence-corrected chi connectivity index (χ4v) is 2.83. The van der Waals surface area contributed by atoms with E-state index < -0.39 is 12.7 Å². The average Bonchev–Trinajstić information content (AvgIpc) is 3.19. The number of alkyl halides is 3. The van der Waals surface area contributed by atoms with Gasteiger partial charge in [0.2, 0.25) is 12.3 Å². The van der Waals surface area contributed by atoms with E-state index in [1.54, 1.807) is 18.5 Å². The summed E-state index contributed by atoms with van der Waals surface area (Å²) in [5.74, 6) is 1.39. The third kappa shape index (κ3) is 6.98. The molecule has 3 heterocycles. The Morgan fingerprint density at radius 3 is 2.45 bits per heavy atom. The molecule has 2 N–H and O–H groups in total. The molecule has 160 valence electrons. The molecule has 0 unspecified atom stereocenters. The Morgan fingerprint density at radius 1 is 1.24 bits per heavy atom. The molecule has 1 amide bonds. The van der Waals surface area contributed by atoms with Crippen LogP contribution in [0.15, 0.2) is 28.9 Å². The van der Waals surface area contributed by atoms with Crippen LogP contribution in [-0.4, -0.2) is 60.2 Å². The summed E-state index contributed by atoms with van der Waals surface area (Å²) < 4.78 is 39.0. The standard InChI is InChI=1S/C15H19ClN4O.C3H4F3NO/c1-15(2,20-7-5-17-6-8-20)14-19-10-13(21-14)12-4-3-11(16)9-18-12;4-3(5,6)1-7-2-8/h3-4,9-10,17H,5-8H2,1-2H3;2H,1H2,(H,7,8). The molecular weight excluding hydrogens is 411 g/mol. The van der Waals surface area contributed by atoms with Crippen molar-refractivity contribution >= 4 is 18.0 Å². The van der Waals surface area contributed by atoms with Gasteiger partial charge in [-0.25, -0.2) is 4.98 Å². The summed E-state index contributed by atoms with van der Waals surface area (Å²) in [7, 11) is 0. The van der Waals surface area contributed by atoms with Crippen molar-refractivity contribution in [3.8, 4) is 11.5 Å². The van der Waals surface area contributed by atoms with Crippen molar-refractivity contribution in [2.45, 2.75) is 25.6 Å². The molecule has 7 nitrogen and oxygen atoms in total. The maximum Gasteiger partial charge on any atom is 0.405 e. The predicted molar refractivity (Wildman–Crippen MR) is 102 cm³/mol. The molecule has 29 heavy (non-hydrogen) atoms. The molecule has 0 aliphatic carbocycles. The molecule has 2 aromatic heterocycles. The number of nitrogens with zero attached hydrogens (tertiary/aromatic N) is 3. The Balaban J connectivity index is 0.000000321. The number of hydrogen-bond donors (Lipinski definition) is 2. The van der Waals surface area contributed by atoms with E-state index in [9.17, 15) is 18.0 Å². The summed E-state index contributed by atoms with van der Waals surface area (Å²) in [6, 6.07) is 3.64. The lowest BCUT2D eigenvalue weighted by Crippen LogP contribution is -2.51. The molecule has 1 aliphatic rings. The maximum atomic E-state index is 11.0. The van der Waals surface area contributed by atoms with Crippen molar-refractivity contribution in [2.24, 2.45) is 0 Å². The number of amides is 1. The van der Waals surface area contributed by atoms with Gasteiger partial charge in [-0.15, -0.1) is 0 Å². The lowest BCUT2D eigenvalue weighted by molar-refractivity contribution is -0.132. The summed E-state index contributed by atoms with van der Waals surface area (Å²) in [4.78, 5) is 20.4. The van der Waals surface area contributed by atoms with Gasteiger partial charge in [-0.2, -0.15) is 13.2 Å². The number of nitrogens with one attached hydrogen (secondary N) is 2. The fraction of sp³-hybridized carbons (Fsp3) is 0.500. The van der Waals surface area contributed by atoms with Crippen LogP contribution in [0.3, 0.4) is 0 Å². The number of oxazole rings is 1. The van der Waals surface area contributed by atoms with Crippen LogP contribution in [0, 0.1) is 0 Å². The van der Waals surface area contributed by atoms with Crippen molar-refractivity contribution in [1.82, 2.24) is 25.5 Å². The summed E-state index contributed by atoms with van der Waals surface area (Å²) >= 11 is 5.86. The molecule has 0 atom stereocenters. The van der Waals surface area contributed by atoms with Gasteiger partial charge in [0.1, 0.15) is 12.2 Å². The van der Waals surface area contributed by atoms with E-state index >= 15 is 0 Å². The zero-order valence-corrected chi connectivity index (χ0v) is 16.8. The van der Waals surface area contributed by atoms with Gasteiger partial charge >= 0.3 is 6.18 Å². The first-order valence-corrected chi connectivity index (χ1v) is 9.29. The molecule has 0 radical (unpaired) electrons. The van der Waals surface area contributed by atoms with Crippen molar-refractivity contribution in [3.05, 3.63) is 35.4 Å². The molecule has 0 spiro atoms. The van der Waals surface area contributed by atoms with Crippen LogP contribution in [0.4, 0.5) is 13.2 Å². The minimum absolute atomic E-state index is 0.00743. The highest BCUT2D eigenvalue weighted by Crippen LogP contribution is 2.30. The van der Waals surface area contributed by atoms with Crippen LogP contribution < -0.4 is 10.6 Å². The molecule has 1 aliphatic heterocycles. The molecule has 11 heteroatoms. The highest BCUT2D eigenvalue weighted by molar-refractivity contribution is 6.30. The average molecular weight is 434 g/mol. The lowest BCUT2D eigenvalue weighted by atomic mass is 10.0. The topological polar surface area (TPSA) is 83.3 Å². The van der Waals surface area contributed by atoms with Crippen LogP contribution in [-0.2, 0) is 10.3 Å². The maximum absolute atomic E-state index is 11.0. The van der Waals surface area contributed by atoms with E-state index in [0.717, 1.165) is 37.8 Å². The zero-order chi connectivity index (χ0) is 21.5. The SMILES string of the molecule is CC(C)(c1ncc(-c2ccc(Cl)cn2)o1)N1CCNCC1.O=CNCC(F)(F)F. The smallest absolute Gasteiger partial charge is 0.405 e. The van der Waals surface area contributed by atoms with Crippen LogP contribution in [0.1, 0.15) is 19.7 Å². The summed E-state index contributed by atoms with van der Waals surface area (Å²) in [5.41, 5.74) is 0.515. The highest BCUT2D eigenvalue weighted by atomic mass is 35.5. The van der Waals surface area contributed by atoms with Gasteiger partial charge in [0.05, 0.1) is 16.8 Å². The van der Waals surface area contributed by atoms with Crippen LogP contribution in [0.2, 0.25) is 5.02 Å². The quantitative estimate of drug-likeness (QED) is 0.705. The molecule has 3 rings (SSSR count). The summed E-state index contributed by atoms with van der Waals surface area (Å²) in [5, 5.41) is 5.45. The molecule has 2 aromatic rings. The number of carbonyl (C=O) groups is 1. The zero-order valence-electron chi connectivity index (χ0n) is 16.1. The van der Waals surface area contributed by atoms with E-state index in [1.165, 1.54) is 5.32 Å². The second-order valence-electron chi connectivity index (χ2n) is 6.80. The summed E-state index contributed by atoms with van der Waals surface area (Å²) in [6.07, 6.45) is -0.940. The largest absolute Gasteiger partial charge is 0.437 e. The monoisotopic (exact) mass is 433 g/mol. The molecular formula is C18H23ClF3N5O2. The first kappa shape index (κ1) is 23.1. The van der Waals surface area contributed by atoms with Crippen molar-refractivity contribution in [2.75, 3.05) is 32.7 Å². The second-order valence-corrected chi connectivity index (χ2v) is 7.24. The van der Waals surface area contributed by atoms with E-state index in [-0.39, 0.29) is 11.9 Å². The van der Waals surface area contributed by atoms with Crippen molar-refractivity contribution in [1.29, 1.82) is 0 Å². The molecule has 0 saturated carbocycles. The Morgan fingerprint density at radius 2 is 1.93 bits per heavy atom. The first-order valence-electron chi connectivity index (χ1n) is 8.91. The molecule has 1 fully saturated rings. The predicted octanol–water partition coefficient (Wildman–Crippen LogP) is 2.83. The van der Waals surface area contributed by atoms with Crippen molar-refractivity contribution < 1.29 is 22.4 Å². The Bertz CT molecular complexity index is 775. The third-order valence-electron chi connectivity index (χ3n) is 4.30. The van der Waals surface area contributed by atoms with E-state index in [2.05, 4.69) is 34.0 Å². The number of carbonyl (C=O) groups excluding carboxylic acids is 1. The Hall–Kier alpha value is -2.17. The number of aromatic nitrogens is 2. The van der Waals surface area contributed by atoms with Gasteiger partial charge < -0.3 is 15.1 Å². The molecule has 1 saturated heterocycles. The van der Waals surface area contributed by atoms with Gasteiger partial charge in [-0.1, -0.05) is 11.6 Å².